The van der Waals surface area contributed by atoms with Crippen LogP contribution in [0.1, 0.15) is 34.1 Å². The van der Waals surface area contributed by atoms with Gasteiger partial charge in [-0.15, -0.1) is 0 Å². The maximum Gasteiger partial charge on any atom is 0.331 e. The Morgan fingerprint density at radius 3 is 2.55 bits per heavy atom. The van der Waals surface area contributed by atoms with E-state index in [9.17, 15) is 4.79 Å². The molecule has 0 spiro atoms. The lowest BCUT2D eigenvalue weighted by Crippen LogP contribution is -2.30. The Labute approximate surface area is 124 Å². The number of thioether (sulfide) groups is 1. The number of carbonyl (C=O) groups excluding carboxylic acids is 1. The summed E-state index contributed by atoms with van der Waals surface area (Å²) in [5, 5.41) is 1.02. The lowest BCUT2D eigenvalue weighted by Gasteiger charge is -2.21. The highest BCUT2D eigenvalue weighted by Gasteiger charge is 2.33. The van der Waals surface area contributed by atoms with E-state index >= 15 is 0 Å². The zero-order valence-electron chi connectivity index (χ0n) is 12.4. The van der Waals surface area contributed by atoms with Gasteiger partial charge in [-0.3, -0.25) is 4.99 Å². The number of aliphatic imine (C=N–C) groups is 1. The van der Waals surface area contributed by atoms with E-state index in [4.69, 9.17) is 4.74 Å². The number of esters is 1. The molecule has 1 heterocycles. The highest BCUT2D eigenvalue weighted by atomic mass is 32.2. The Morgan fingerprint density at radius 1 is 1.30 bits per heavy atom. The van der Waals surface area contributed by atoms with E-state index < -0.39 is 5.60 Å². The van der Waals surface area contributed by atoms with Gasteiger partial charge in [0.15, 0.2) is 0 Å². The SMILES string of the molecule is C[C@H]1C[C@H](C(=O)OC(C)(C)C)N=C1Sc1ccccc1. The third-order valence-electron chi connectivity index (χ3n) is 2.93. The summed E-state index contributed by atoms with van der Waals surface area (Å²) in [5.74, 6) is 0.0886. The van der Waals surface area contributed by atoms with Crippen molar-refractivity contribution < 1.29 is 9.53 Å². The van der Waals surface area contributed by atoms with Gasteiger partial charge in [-0.25, -0.2) is 4.79 Å². The first-order valence-corrected chi connectivity index (χ1v) is 7.70. The fourth-order valence-electron chi connectivity index (χ4n) is 2.02. The van der Waals surface area contributed by atoms with Crippen molar-refractivity contribution in [3.8, 4) is 0 Å². The predicted molar refractivity (Wildman–Crippen MR) is 83.1 cm³/mol. The number of hydrogen-bond donors (Lipinski definition) is 0. The van der Waals surface area contributed by atoms with Gasteiger partial charge in [0, 0.05) is 10.8 Å². The molecule has 0 unspecified atom stereocenters. The van der Waals surface area contributed by atoms with E-state index in [0.29, 0.717) is 5.92 Å². The van der Waals surface area contributed by atoms with Gasteiger partial charge < -0.3 is 4.74 Å². The van der Waals surface area contributed by atoms with Gasteiger partial charge in [-0.05, 0) is 39.3 Å². The number of benzene rings is 1. The van der Waals surface area contributed by atoms with Gasteiger partial charge in [0.05, 0.1) is 5.04 Å². The Kier molecular flexibility index (Phi) is 4.53. The summed E-state index contributed by atoms with van der Waals surface area (Å²) in [6.45, 7) is 7.75. The molecule has 4 heteroatoms. The maximum absolute atomic E-state index is 12.1. The highest BCUT2D eigenvalue weighted by Crippen LogP contribution is 2.32. The van der Waals surface area contributed by atoms with Crippen LogP contribution >= 0.6 is 11.8 Å². The number of hydrogen-bond acceptors (Lipinski definition) is 4. The molecule has 0 amide bonds. The molecule has 2 atom stereocenters. The molecule has 0 fully saturated rings. The van der Waals surface area contributed by atoms with E-state index in [2.05, 4.69) is 24.0 Å². The quantitative estimate of drug-likeness (QED) is 0.775. The average molecular weight is 291 g/mol. The fraction of sp³-hybridized carbons (Fsp3) is 0.500. The Balaban J connectivity index is 2.04. The van der Waals surface area contributed by atoms with Crippen LogP contribution in [0.15, 0.2) is 40.2 Å². The summed E-state index contributed by atoms with van der Waals surface area (Å²) >= 11 is 1.64. The van der Waals surface area contributed by atoms with Crippen LogP contribution in [0.5, 0.6) is 0 Å². The molecule has 2 rings (SSSR count). The van der Waals surface area contributed by atoms with Crippen molar-refractivity contribution in [2.45, 2.75) is 50.7 Å². The molecule has 0 N–H and O–H groups in total. The minimum Gasteiger partial charge on any atom is -0.458 e. The second kappa shape index (κ2) is 6.00. The molecule has 20 heavy (non-hydrogen) atoms. The van der Waals surface area contributed by atoms with Gasteiger partial charge in [-0.2, -0.15) is 0 Å². The van der Waals surface area contributed by atoms with Crippen LogP contribution in [0.2, 0.25) is 0 Å². The minimum absolute atomic E-state index is 0.215. The molecule has 3 nitrogen and oxygen atoms in total. The topological polar surface area (TPSA) is 38.7 Å². The third kappa shape index (κ3) is 4.10. The summed E-state index contributed by atoms with van der Waals surface area (Å²) in [6.07, 6.45) is 0.740. The predicted octanol–water partition coefficient (Wildman–Crippen LogP) is 3.93. The Morgan fingerprint density at radius 2 is 1.95 bits per heavy atom. The molecule has 0 aromatic heterocycles. The fourth-order valence-corrected chi connectivity index (χ4v) is 3.04. The molecule has 0 bridgehead atoms. The lowest BCUT2D eigenvalue weighted by molar-refractivity contribution is -0.156. The van der Waals surface area contributed by atoms with Crippen LogP contribution in [-0.4, -0.2) is 22.7 Å². The summed E-state index contributed by atoms with van der Waals surface area (Å²) in [7, 11) is 0. The van der Waals surface area contributed by atoms with E-state index in [0.717, 1.165) is 16.4 Å². The monoisotopic (exact) mass is 291 g/mol. The van der Waals surface area contributed by atoms with Crippen molar-refractivity contribution in [3.05, 3.63) is 30.3 Å². The maximum atomic E-state index is 12.1. The number of nitrogens with zero attached hydrogens (tertiary/aromatic N) is 1. The third-order valence-corrected chi connectivity index (χ3v) is 4.15. The van der Waals surface area contributed by atoms with Gasteiger partial charge in [0.1, 0.15) is 11.6 Å². The largest absolute Gasteiger partial charge is 0.458 e. The first-order chi connectivity index (χ1) is 9.35. The Hall–Kier alpha value is -1.29. The van der Waals surface area contributed by atoms with E-state index in [1.807, 2.05) is 39.0 Å². The van der Waals surface area contributed by atoms with Crippen LogP contribution in [0, 0.1) is 5.92 Å². The number of rotatable bonds is 2. The molecule has 0 saturated heterocycles. The molecule has 1 aliphatic rings. The standard InChI is InChI=1S/C16H21NO2S/c1-11-10-13(15(18)19-16(2,3)4)17-14(11)20-12-8-6-5-7-9-12/h5-9,11,13H,10H2,1-4H3/t11-,13+/m0/s1. The molecule has 1 aromatic carbocycles. The normalized spacial score (nSPS) is 22.5. The van der Waals surface area contributed by atoms with Crippen LogP contribution in [0.3, 0.4) is 0 Å². The van der Waals surface area contributed by atoms with Crippen molar-refractivity contribution >= 4 is 22.8 Å². The average Bonchev–Trinajstić information content (AvgIpc) is 2.70. The highest BCUT2D eigenvalue weighted by molar-refractivity contribution is 8.14. The number of carbonyl (C=O) groups is 1. The summed E-state index contributed by atoms with van der Waals surface area (Å²) in [5.41, 5.74) is -0.453. The summed E-state index contributed by atoms with van der Waals surface area (Å²) < 4.78 is 5.41. The number of ether oxygens (including phenoxy) is 1. The van der Waals surface area contributed by atoms with Crippen LogP contribution < -0.4 is 0 Å². The van der Waals surface area contributed by atoms with Crippen molar-refractivity contribution in [2.24, 2.45) is 10.9 Å². The van der Waals surface area contributed by atoms with Gasteiger partial charge in [0.25, 0.3) is 0 Å². The van der Waals surface area contributed by atoms with Crippen LogP contribution in [0.25, 0.3) is 0 Å². The van der Waals surface area contributed by atoms with Crippen LogP contribution in [-0.2, 0) is 9.53 Å². The summed E-state index contributed by atoms with van der Waals surface area (Å²) in [6, 6.07) is 9.77. The molecule has 0 radical (unpaired) electrons. The molecule has 0 aliphatic carbocycles. The first kappa shape index (κ1) is 15.1. The lowest BCUT2D eigenvalue weighted by atomic mass is 10.1. The molecule has 108 valence electrons. The minimum atomic E-state index is -0.453. The van der Waals surface area contributed by atoms with Crippen molar-refractivity contribution in [3.63, 3.8) is 0 Å². The van der Waals surface area contributed by atoms with Crippen molar-refractivity contribution in [1.29, 1.82) is 0 Å². The molecular weight excluding hydrogens is 270 g/mol. The zero-order valence-corrected chi connectivity index (χ0v) is 13.2. The summed E-state index contributed by atoms with van der Waals surface area (Å²) in [4.78, 5) is 17.8. The van der Waals surface area contributed by atoms with Gasteiger partial charge in [0.2, 0.25) is 0 Å². The molecule has 0 saturated carbocycles. The van der Waals surface area contributed by atoms with Gasteiger partial charge in [-0.1, -0.05) is 36.9 Å². The second-order valence-corrected chi connectivity index (χ2v) is 7.16. The van der Waals surface area contributed by atoms with Gasteiger partial charge >= 0.3 is 5.97 Å². The van der Waals surface area contributed by atoms with E-state index in [1.54, 1.807) is 11.8 Å². The van der Waals surface area contributed by atoms with Crippen molar-refractivity contribution in [1.82, 2.24) is 0 Å². The smallest absolute Gasteiger partial charge is 0.331 e. The van der Waals surface area contributed by atoms with Crippen LogP contribution in [0.4, 0.5) is 0 Å². The Bertz CT molecular complexity index is 505. The molecule has 1 aromatic rings. The molecular formula is C16H21NO2S. The second-order valence-electron chi connectivity index (χ2n) is 6.07. The van der Waals surface area contributed by atoms with E-state index in [-0.39, 0.29) is 12.0 Å². The first-order valence-electron chi connectivity index (χ1n) is 6.88. The van der Waals surface area contributed by atoms with Crippen molar-refractivity contribution in [2.75, 3.05) is 0 Å². The molecule has 1 aliphatic heterocycles. The van der Waals surface area contributed by atoms with E-state index in [1.165, 1.54) is 0 Å². The zero-order chi connectivity index (χ0) is 14.8.